The summed E-state index contributed by atoms with van der Waals surface area (Å²) < 4.78 is 0. The summed E-state index contributed by atoms with van der Waals surface area (Å²) in [6, 6.07) is 4.59. The van der Waals surface area contributed by atoms with E-state index in [-0.39, 0.29) is 0 Å². The Bertz CT molecular complexity index is 302. The van der Waals surface area contributed by atoms with Gasteiger partial charge >= 0.3 is 0 Å². The molecule has 0 radical (unpaired) electrons. The zero-order valence-corrected chi connectivity index (χ0v) is 7.78. The molecule has 0 spiro atoms. The number of aryl methyl sites for hydroxylation is 2. The Morgan fingerprint density at radius 3 is 2.92 bits per heavy atom. The maximum Gasteiger partial charge on any atom is 0.0211 e. The van der Waals surface area contributed by atoms with E-state index in [9.17, 15) is 0 Å². The van der Waals surface area contributed by atoms with E-state index in [1.54, 1.807) is 5.56 Å². The third-order valence-corrected chi connectivity index (χ3v) is 2.58. The summed E-state index contributed by atoms with van der Waals surface area (Å²) in [5, 5.41) is 3.40. The van der Waals surface area contributed by atoms with Crippen molar-refractivity contribution < 1.29 is 0 Å². The molecule has 0 amide bonds. The van der Waals surface area contributed by atoms with E-state index in [1.807, 2.05) is 0 Å². The van der Waals surface area contributed by atoms with Gasteiger partial charge in [0.2, 0.25) is 0 Å². The van der Waals surface area contributed by atoms with Crippen molar-refractivity contribution in [2.75, 3.05) is 6.54 Å². The minimum absolute atomic E-state index is 1.06. The Labute approximate surface area is 73.8 Å². The summed E-state index contributed by atoms with van der Waals surface area (Å²) in [4.78, 5) is 0. The topological polar surface area (TPSA) is 12.0 Å². The molecule has 1 heteroatoms. The first kappa shape index (κ1) is 7.81. The SMILES string of the molecule is Cc1cc(C)c2c(c1)CCNC2. The Balaban J connectivity index is 2.53. The zero-order chi connectivity index (χ0) is 8.55. The third kappa shape index (κ3) is 1.25. The first-order chi connectivity index (χ1) is 5.77. The zero-order valence-electron chi connectivity index (χ0n) is 7.78. The number of benzene rings is 1. The van der Waals surface area contributed by atoms with E-state index < -0.39 is 0 Å². The van der Waals surface area contributed by atoms with Crippen molar-refractivity contribution in [3.05, 3.63) is 34.4 Å². The van der Waals surface area contributed by atoms with Crippen molar-refractivity contribution >= 4 is 0 Å². The molecule has 0 atom stereocenters. The Morgan fingerprint density at radius 1 is 1.25 bits per heavy atom. The summed E-state index contributed by atoms with van der Waals surface area (Å²) in [7, 11) is 0. The molecule has 0 aromatic heterocycles. The number of hydrogen-bond donors (Lipinski definition) is 1. The van der Waals surface area contributed by atoms with Gasteiger partial charge in [0.15, 0.2) is 0 Å². The third-order valence-electron chi connectivity index (χ3n) is 2.58. The molecule has 0 bridgehead atoms. The molecule has 1 N–H and O–H groups in total. The second-order valence-electron chi connectivity index (χ2n) is 3.65. The highest BCUT2D eigenvalue weighted by molar-refractivity contribution is 5.39. The molecule has 0 unspecified atom stereocenters. The second kappa shape index (κ2) is 2.91. The molecular formula is C11H15N. The van der Waals surface area contributed by atoms with Crippen molar-refractivity contribution in [2.24, 2.45) is 0 Å². The van der Waals surface area contributed by atoms with Gasteiger partial charge in [-0.2, -0.15) is 0 Å². The summed E-state index contributed by atoms with van der Waals surface area (Å²) in [6.45, 7) is 6.57. The summed E-state index contributed by atoms with van der Waals surface area (Å²) in [5.41, 5.74) is 5.91. The molecule has 0 saturated carbocycles. The van der Waals surface area contributed by atoms with E-state index in [0.717, 1.165) is 13.1 Å². The quantitative estimate of drug-likeness (QED) is 0.613. The Kier molecular flexibility index (Phi) is 1.89. The van der Waals surface area contributed by atoms with Crippen molar-refractivity contribution in [1.82, 2.24) is 5.32 Å². The molecule has 1 heterocycles. The Hall–Kier alpha value is -0.820. The molecule has 0 saturated heterocycles. The fraction of sp³-hybridized carbons (Fsp3) is 0.455. The minimum atomic E-state index is 1.06. The molecule has 1 aromatic rings. The van der Waals surface area contributed by atoms with Gasteiger partial charge in [-0.25, -0.2) is 0 Å². The summed E-state index contributed by atoms with van der Waals surface area (Å²) in [5.74, 6) is 0. The smallest absolute Gasteiger partial charge is 0.0211 e. The Morgan fingerprint density at radius 2 is 2.08 bits per heavy atom. The van der Waals surface area contributed by atoms with Gasteiger partial charge in [-0.1, -0.05) is 17.7 Å². The van der Waals surface area contributed by atoms with Crippen molar-refractivity contribution in [3.8, 4) is 0 Å². The van der Waals surface area contributed by atoms with Crippen LogP contribution in [0.5, 0.6) is 0 Å². The van der Waals surface area contributed by atoms with Crippen LogP contribution in [0.15, 0.2) is 12.1 Å². The second-order valence-corrected chi connectivity index (χ2v) is 3.65. The average molecular weight is 161 g/mol. The highest BCUT2D eigenvalue weighted by atomic mass is 14.9. The fourth-order valence-electron chi connectivity index (χ4n) is 2.00. The van der Waals surface area contributed by atoms with Crippen molar-refractivity contribution in [1.29, 1.82) is 0 Å². The van der Waals surface area contributed by atoms with E-state index in [0.29, 0.717) is 0 Å². The van der Waals surface area contributed by atoms with E-state index in [4.69, 9.17) is 0 Å². The van der Waals surface area contributed by atoms with Gasteiger partial charge < -0.3 is 5.32 Å². The number of rotatable bonds is 0. The van der Waals surface area contributed by atoms with Crippen molar-refractivity contribution in [2.45, 2.75) is 26.8 Å². The number of fused-ring (bicyclic) bond motifs is 1. The van der Waals surface area contributed by atoms with Crippen LogP contribution in [0.25, 0.3) is 0 Å². The highest BCUT2D eigenvalue weighted by Crippen LogP contribution is 2.19. The first-order valence-electron chi connectivity index (χ1n) is 4.57. The van der Waals surface area contributed by atoms with E-state index in [1.165, 1.54) is 23.1 Å². The van der Waals surface area contributed by atoms with Gasteiger partial charge in [-0.05, 0) is 43.5 Å². The fourth-order valence-corrected chi connectivity index (χ4v) is 2.00. The average Bonchev–Trinajstić information content (AvgIpc) is 2.04. The lowest BCUT2D eigenvalue weighted by molar-refractivity contribution is 0.640. The van der Waals surface area contributed by atoms with Crippen LogP contribution in [0.3, 0.4) is 0 Å². The predicted octanol–water partition coefficient (Wildman–Crippen LogP) is 1.95. The van der Waals surface area contributed by atoms with Gasteiger partial charge in [0.05, 0.1) is 0 Å². The monoisotopic (exact) mass is 161 g/mol. The number of nitrogens with one attached hydrogen (secondary N) is 1. The van der Waals surface area contributed by atoms with Crippen LogP contribution in [0.1, 0.15) is 22.3 Å². The van der Waals surface area contributed by atoms with Gasteiger partial charge in [0.25, 0.3) is 0 Å². The lowest BCUT2D eigenvalue weighted by Gasteiger charge is -2.19. The molecule has 2 rings (SSSR count). The van der Waals surface area contributed by atoms with Crippen LogP contribution in [0.2, 0.25) is 0 Å². The normalized spacial score (nSPS) is 15.8. The van der Waals surface area contributed by atoms with Gasteiger partial charge in [-0.15, -0.1) is 0 Å². The van der Waals surface area contributed by atoms with Crippen LogP contribution in [-0.2, 0) is 13.0 Å². The maximum absolute atomic E-state index is 3.40. The van der Waals surface area contributed by atoms with Gasteiger partial charge in [0.1, 0.15) is 0 Å². The molecule has 0 fully saturated rings. The molecule has 64 valence electrons. The first-order valence-corrected chi connectivity index (χ1v) is 4.57. The van der Waals surface area contributed by atoms with E-state index in [2.05, 4.69) is 31.3 Å². The molecule has 1 aliphatic rings. The molecule has 1 aliphatic heterocycles. The lowest BCUT2D eigenvalue weighted by Crippen LogP contribution is -2.24. The van der Waals surface area contributed by atoms with E-state index >= 15 is 0 Å². The maximum atomic E-state index is 3.40. The summed E-state index contributed by atoms with van der Waals surface area (Å²) in [6.07, 6.45) is 1.19. The van der Waals surface area contributed by atoms with Crippen LogP contribution >= 0.6 is 0 Å². The van der Waals surface area contributed by atoms with Gasteiger partial charge in [-0.3, -0.25) is 0 Å². The largest absolute Gasteiger partial charge is 0.312 e. The van der Waals surface area contributed by atoms with Crippen LogP contribution in [-0.4, -0.2) is 6.54 Å². The van der Waals surface area contributed by atoms with Crippen LogP contribution in [0, 0.1) is 13.8 Å². The molecular weight excluding hydrogens is 146 g/mol. The molecule has 0 aliphatic carbocycles. The summed E-state index contributed by atoms with van der Waals surface area (Å²) >= 11 is 0. The van der Waals surface area contributed by atoms with Gasteiger partial charge in [0, 0.05) is 6.54 Å². The van der Waals surface area contributed by atoms with Crippen LogP contribution < -0.4 is 5.32 Å². The predicted molar refractivity (Wildman–Crippen MR) is 51.3 cm³/mol. The molecule has 1 nitrogen and oxygen atoms in total. The lowest BCUT2D eigenvalue weighted by atomic mass is 9.94. The minimum Gasteiger partial charge on any atom is -0.312 e. The highest BCUT2D eigenvalue weighted by Gasteiger charge is 2.10. The molecule has 1 aromatic carbocycles. The molecule has 12 heavy (non-hydrogen) atoms. The van der Waals surface area contributed by atoms with Crippen LogP contribution in [0.4, 0.5) is 0 Å². The standard InChI is InChI=1S/C11H15N/c1-8-5-9(2)11-7-12-4-3-10(11)6-8/h5-6,12H,3-4,7H2,1-2H3. The number of hydrogen-bond acceptors (Lipinski definition) is 1. The van der Waals surface area contributed by atoms with Crippen molar-refractivity contribution in [3.63, 3.8) is 0 Å².